The molecule has 32 heavy (non-hydrogen) atoms. The summed E-state index contributed by atoms with van der Waals surface area (Å²) < 4.78 is 8.30. The third-order valence-corrected chi connectivity index (χ3v) is 5.96. The number of hydrogen-bond acceptors (Lipinski definition) is 4. The number of aromatic nitrogens is 4. The Balaban J connectivity index is 1.32. The second-order valence-electron chi connectivity index (χ2n) is 8.04. The second-order valence-corrected chi connectivity index (χ2v) is 8.04. The van der Waals surface area contributed by atoms with E-state index in [1.165, 1.54) is 11.3 Å². The summed E-state index contributed by atoms with van der Waals surface area (Å²) in [6, 6.07) is 24.6. The molecule has 0 N–H and O–H groups in total. The molecule has 0 bridgehead atoms. The van der Waals surface area contributed by atoms with Crippen LogP contribution in [0.2, 0.25) is 0 Å². The molecule has 2 aromatic carbocycles. The standard InChI is InChI=1S/C27H22N4O/c1-2-8-24-19(5-1)10-11-22(29-24)18-32-23-7-3-6-21(17-23)26-25-9-4-16-31(25)30-27(26)20-12-14-28-15-13-20/h1-3,5-8,10-15,17H,4,9,16,18H2. The van der Waals surface area contributed by atoms with Crippen LogP contribution in [0.5, 0.6) is 5.75 Å². The molecule has 156 valence electrons. The first-order valence-corrected chi connectivity index (χ1v) is 10.9. The predicted molar refractivity (Wildman–Crippen MR) is 125 cm³/mol. The zero-order chi connectivity index (χ0) is 21.3. The summed E-state index contributed by atoms with van der Waals surface area (Å²) in [6.45, 7) is 1.40. The molecule has 0 amide bonds. The Bertz CT molecular complexity index is 1410. The van der Waals surface area contributed by atoms with Crippen LogP contribution in [-0.2, 0) is 19.6 Å². The van der Waals surface area contributed by atoms with Crippen LogP contribution in [-0.4, -0.2) is 19.7 Å². The van der Waals surface area contributed by atoms with E-state index in [0.29, 0.717) is 6.61 Å². The zero-order valence-electron chi connectivity index (χ0n) is 17.6. The van der Waals surface area contributed by atoms with Gasteiger partial charge in [-0.15, -0.1) is 0 Å². The lowest BCUT2D eigenvalue weighted by atomic mass is 9.98. The Morgan fingerprint density at radius 3 is 2.72 bits per heavy atom. The van der Waals surface area contributed by atoms with Crippen molar-refractivity contribution in [3.8, 4) is 28.1 Å². The summed E-state index contributed by atoms with van der Waals surface area (Å²) in [5.74, 6) is 0.830. The Morgan fingerprint density at radius 2 is 1.78 bits per heavy atom. The number of nitrogens with zero attached hydrogens (tertiary/aromatic N) is 4. The van der Waals surface area contributed by atoms with E-state index in [1.807, 2.05) is 60.9 Å². The van der Waals surface area contributed by atoms with Crippen molar-refractivity contribution in [1.29, 1.82) is 0 Å². The monoisotopic (exact) mass is 418 g/mol. The van der Waals surface area contributed by atoms with E-state index >= 15 is 0 Å². The minimum absolute atomic E-state index is 0.428. The third-order valence-electron chi connectivity index (χ3n) is 5.96. The Labute approximate surface area is 186 Å². The van der Waals surface area contributed by atoms with Crippen LogP contribution in [0.15, 0.2) is 85.2 Å². The highest BCUT2D eigenvalue weighted by atomic mass is 16.5. The molecule has 0 atom stereocenters. The van der Waals surface area contributed by atoms with Crippen LogP contribution in [0.4, 0.5) is 0 Å². The molecule has 0 spiro atoms. The Kier molecular flexibility index (Phi) is 4.65. The van der Waals surface area contributed by atoms with Crippen molar-refractivity contribution in [1.82, 2.24) is 19.7 Å². The van der Waals surface area contributed by atoms with E-state index in [2.05, 4.69) is 33.9 Å². The van der Waals surface area contributed by atoms with E-state index in [9.17, 15) is 0 Å². The highest BCUT2D eigenvalue weighted by Gasteiger charge is 2.24. The van der Waals surface area contributed by atoms with Crippen LogP contribution >= 0.6 is 0 Å². The highest BCUT2D eigenvalue weighted by Crippen LogP contribution is 2.38. The molecule has 0 aliphatic carbocycles. The van der Waals surface area contributed by atoms with Crippen molar-refractivity contribution in [2.24, 2.45) is 0 Å². The van der Waals surface area contributed by atoms with E-state index < -0.39 is 0 Å². The van der Waals surface area contributed by atoms with Crippen LogP contribution in [0.25, 0.3) is 33.3 Å². The molecule has 1 aliphatic rings. The van der Waals surface area contributed by atoms with Gasteiger partial charge in [0, 0.05) is 41.1 Å². The first kappa shape index (κ1) is 18.8. The molecule has 5 aromatic rings. The van der Waals surface area contributed by atoms with Crippen LogP contribution in [0, 0.1) is 0 Å². The topological polar surface area (TPSA) is 52.8 Å². The molecule has 4 heterocycles. The molecule has 6 rings (SSSR count). The van der Waals surface area contributed by atoms with Gasteiger partial charge in [-0.25, -0.2) is 4.98 Å². The molecule has 1 aliphatic heterocycles. The molecule has 5 nitrogen and oxygen atoms in total. The average Bonchev–Trinajstić information content (AvgIpc) is 3.45. The number of hydrogen-bond donors (Lipinski definition) is 0. The average molecular weight is 419 g/mol. The van der Waals surface area contributed by atoms with E-state index in [1.54, 1.807) is 0 Å². The lowest BCUT2D eigenvalue weighted by Crippen LogP contribution is -1.98. The van der Waals surface area contributed by atoms with Crippen LogP contribution in [0.1, 0.15) is 17.8 Å². The quantitative estimate of drug-likeness (QED) is 0.368. The largest absolute Gasteiger partial charge is 0.487 e. The minimum atomic E-state index is 0.428. The van der Waals surface area contributed by atoms with Gasteiger partial charge in [-0.1, -0.05) is 36.4 Å². The summed E-state index contributed by atoms with van der Waals surface area (Å²) in [5.41, 5.74) is 7.62. The first-order valence-electron chi connectivity index (χ1n) is 10.9. The van der Waals surface area contributed by atoms with Crippen molar-refractivity contribution in [3.63, 3.8) is 0 Å². The summed E-state index contributed by atoms with van der Waals surface area (Å²) in [4.78, 5) is 8.88. The number of pyridine rings is 2. The number of fused-ring (bicyclic) bond motifs is 2. The van der Waals surface area contributed by atoms with Gasteiger partial charge in [0.2, 0.25) is 0 Å². The minimum Gasteiger partial charge on any atom is -0.487 e. The van der Waals surface area contributed by atoms with Crippen LogP contribution < -0.4 is 4.74 Å². The molecular weight excluding hydrogens is 396 g/mol. The summed E-state index contributed by atoms with van der Waals surface area (Å²) in [5, 5.41) is 6.06. The number of aryl methyl sites for hydroxylation is 1. The maximum absolute atomic E-state index is 6.14. The Hall–Kier alpha value is -3.99. The van der Waals surface area contributed by atoms with E-state index in [0.717, 1.165) is 58.6 Å². The second kappa shape index (κ2) is 7.93. The van der Waals surface area contributed by atoms with Gasteiger partial charge in [0.1, 0.15) is 18.1 Å². The van der Waals surface area contributed by atoms with E-state index in [4.69, 9.17) is 14.8 Å². The molecule has 0 saturated heterocycles. The zero-order valence-corrected chi connectivity index (χ0v) is 17.6. The van der Waals surface area contributed by atoms with Crippen molar-refractivity contribution in [3.05, 3.63) is 96.6 Å². The van der Waals surface area contributed by atoms with E-state index in [-0.39, 0.29) is 0 Å². The normalized spacial score (nSPS) is 12.8. The maximum Gasteiger partial charge on any atom is 0.130 e. The van der Waals surface area contributed by atoms with Crippen molar-refractivity contribution < 1.29 is 4.74 Å². The molecular formula is C27H22N4O. The lowest BCUT2D eigenvalue weighted by molar-refractivity contribution is 0.302. The number of benzene rings is 2. The number of para-hydroxylation sites is 1. The fourth-order valence-corrected chi connectivity index (χ4v) is 4.43. The summed E-state index contributed by atoms with van der Waals surface area (Å²) in [7, 11) is 0. The molecule has 0 unspecified atom stereocenters. The van der Waals surface area contributed by atoms with Gasteiger partial charge in [-0.2, -0.15) is 5.10 Å². The smallest absolute Gasteiger partial charge is 0.130 e. The Morgan fingerprint density at radius 1 is 0.875 bits per heavy atom. The molecule has 3 aromatic heterocycles. The number of ether oxygens (including phenoxy) is 1. The molecule has 0 saturated carbocycles. The molecule has 5 heteroatoms. The first-order chi connectivity index (χ1) is 15.8. The van der Waals surface area contributed by atoms with Gasteiger partial charge in [-0.3, -0.25) is 9.67 Å². The fraction of sp³-hybridized carbons (Fsp3) is 0.148. The maximum atomic E-state index is 6.14. The number of rotatable bonds is 5. The predicted octanol–water partition coefficient (Wildman–Crippen LogP) is 5.69. The SMILES string of the molecule is c1cc(OCc2ccc3ccccc3n2)cc(-c2c(-c3ccncc3)nn3c2CCC3)c1. The summed E-state index contributed by atoms with van der Waals surface area (Å²) >= 11 is 0. The van der Waals surface area contributed by atoms with Crippen molar-refractivity contribution in [2.45, 2.75) is 26.0 Å². The molecule has 0 radical (unpaired) electrons. The fourth-order valence-electron chi connectivity index (χ4n) is 4.43. The van der Waals surface area contributed by atoms with Gasteiger partial charge in [0.15, 0.2) is 0 Å². The van der Waals surface area contributed by atoms with Crippen molar-refractivity contribution >= 4 is 10.9 Å². The third kappa shape index (κ3) is 3.42. The molecule has 0 fully saturated rings. The van der Waals surface area contributed by atoms with Gasteiger partial charge in [-0.05, 0) is 54.8 Å². The van der Waals surface area contributed by atoms with Crippen molar-refractivity contribution in [2.75, 3.05) is 0 Å². The highest BCUT2D eigenvalue weighted by molar-refractivity contribution is 5.83. The van der Waals surface area contributed by atoms with Crippen LogP contribution in [0.3, 0.4) is 0 Å². The van der Waals surface area contributed by atoms with Gasteiger partial charge in [0.25, 0.3) is 0 Å². The lowest BCUT2D eigenvalue weighted by Gasteiger charge is -2.10. The van der Waals surface area contributed by atoms with Gasteiger partial charge < -0.3 is 4.74 Å². The van der Waals surface area contributed by atoms with Gasteiger partial charge >= 0.3 is 0 Å². The summed E-state index contributed by atoms with van der Waals surface area (Å²) in [6.07, 6.45) is 5.81. The van der Waals surface area contributed by atoms with Gasteiger partial charge in [0.05, 0.1) is 11.2 Å².